The van der Waals surface area contributed by atoms with Gasteiger partial charge in [-0.1, -0.05) is 30.3 Å². The Morgan fingerprint density at radius 1 is 1.33 bits per heavy atom. The topological polar surface area (TPSA) is 77.8 Å². The Hall–Kier alpha value is -1.53. The molecule has 0 bridgehead atoms. The van der Waals surface area contributed by atoms with Crippen molar-refractivity contribution < 1.29 is 19.8 Å². The Balaban J connectivity index is 1.87. The van der Waals surface area contributed by atoms with Crippen LogP contribution in [0.4, 0.5) is 0 Å². The van der Waals surface area contributed by atoms with E-state index in [9.17, 15) is 19.8 Å². The summed E-state index contributed by atoms with van der Waals surface area (Å²) in [5.74, 6) is -1.83. The van der Waals surface area contributed by atoms with Gasteiger partial charge in [-0.15, -0.1) is 11.8 Å². The van der Waals surface area contributed by atoms with Crippen LogP contribution in [0.25, 0.3) is 0 Å². The first-order chi connectivity index (χ1) is 9.84. The first-order valence-electron chi connectivity index (χ1n) is 6.80. The smallest absolute Gasteiger partial charge is 0.327 e. The molecule has 0 spiro atoms. The van der Waals surface area contributed by atoms with E-state index in [4.69, 9.17) is 0 Å². The highest BCUT2D eigenvalue weighted by molar-refractivity contribution is 8.01. The lowest BCUT2D eigenvalue weighted by Crippen LogP contribution is -2.63. The van der Waals surface area contributed by atoms with Gasteiger partial charge in [-0.25, -0.2) is 4.79 Å². The predicted molar refractivity (Wildman–Crippen MR) is 78.6 cm³/mol. The number of benzene rings is 1. The van der Waals surface area contributed by atoms with Crippen molar-refractivity contribution in [3.05, 3.63) is 35.9 Å². The molecule has 5 nitrogen and oxygen atoms in total. The second-order valence-electron chi connectivity index (χ2n) is 5.98. The van der Waals surface area contributed by atoms with Gasteiger partial charge in [0.25, 0.3) is 0 Å². The molecule has 1 aromatic carbocycles. The molecule has 2 aliphatic rings. The van der Waals surface area contributed by atoms with E-state index in [0.29, 0.717) is 5.56 Å². The van der Waals surface area contributed by atoms with Gasteiger partial charge in [0.05, 0.1) is 17.4 Å². The molecular formula is C15H17NO4S. The van der Waals surface area contributed by atoms with Crippen molar-refractivity contribution >= 4 is 23.6 Å². The van der Waals surface area contributed by atoms with E-state index in [1.807, 2.05) is 32.0 Å². The summed E-state index contributed by atoms with van der Waals surface area (Å²) in [7, 11) is 0. The highest BCUT2D eigenvalue weighted by atomic mass is 32.2. The van der Waals surface area contributed by atoms with E-state index in [1.165, 1.54) is 16.7 Å². The number of carbonyl (C=O) groups is 2. The van der Waals surface area contributed by atoms with Crippen LogP contribution >= 0.6 is 11.8 Å². The van der Waals surface area contributed by atoms with Gasteiger partial charge in [-0.3, -0.25) is 4.79 Å². The molecule has 4 atom stereocenters. The summed E-state index contributed by atoms with van der Waals surface area (Å²) in [5, 5.41) is 19.5. The van der Waals surface area contributed by atoms with E-state index in [2.05, 4.69) is 0 Å². The van der Waals surface area contributed by atoms with E-state index in [0.717, 1.165) is 0 Å². The van der Waals surface area contributed by atoms with Crippen LogP contribution in [0.15, 0.2) is 30.3 Å². The highest BCUT2D eigenvalue weighted by Gasteiger charge is 2.65. The summed E-state index contributed by atoms with van der Waals surface area (Å²) in [6.45, 7) is 3.65. The first kappa shape index (κ1) is 14.4. The lowest BCUT2D eigenvalue weighted by atomic mass is 9.85. The van der Waals surface area contributed by atoms with Crippen LogP contribution in [0.3, 0.4) is 0 Å². The molecule has 3 rings (SSSR count). The first-order valence-corrected chi connectivity index (χ1v) is 7.68. The van der Waals surface area contributed by atoms with Gasteiger partial charge in [0.15, 0.2) is 0 Å². The van der Waals surface area contributed by atoms with Crippen LogP contribution in [0, 0.1) is 5.92 Å². The van der Waals surface area contributed by atoms with Crippen molar-refractivity contribution in [1.29, 1.82) is 0 Å². The highest BCUT2D eigenvalue weighted by Crippen LogP contribution is 2.55. The van der Waals surface area contributed by atoms with Crippen molar-refractivity contribution in [2.45, 2.75) is 36.1 Å². The normalized spacial score (nSPS) is 31.5. The van der Waals surface area contributed by atoms with Crippen LogP contribution in [0.2, 0.25) is 0 Å². The zero-order valence-corrected chi connectivity index (χ0v) is 12.6. The molecule has 0 radical (unpaired) electrons. The molecule has 0 aromatic heterocycles. The Morgan fingerprint density at radius 2 is 1.95 bits per heavy atom. The van der Waals surface area contributed by atoms with Gasteiger partial charge < -0.3 is 15.1 Å². The van der Waals surface area contributed by atoms with Crippen LogP contribution in [0.1, 0.15) is 25.5 Å². The molecule has 112 valence electrons. The van der Waals surface area contributed by atoms with E-state index >= 15 is 0 Å². The van der Waals surface area contributed by atoms with Gasteiger partial charge in [-0.2, -0.15) is 0 Å². The summed E-state index contributed by atoms with van der Waals surface area (Å²) in [6.07, 6.45) is -0.893. The number of aliphatic carboxylic acids is 1. The minimum absolute atomic E-state index is 0.274. The van der Waals surface area contributed by atoms with E-state index in [-0.39, 0.29) is 11.3 Å². The van der Waals surface area contributed by atoms with Crippen LogP contribution in [-0.4, -0.2) is 43.2 Å². The van der Waals surface area contributed by atoms with Gasteiger partial charge in [0.1, 0.15) is 6.04 Å². The molecule has 2 heterocycles. The van der Waals surface area contributed by atoms with Crippen molar-refractivity contribution in [3.8, 4) is 0 Å². The molecule has 6 heteroatoms. The maximum Gasteiger partial charge on any atom is 0.327 e. The lowest BCUT2D eigenvalue weighted by molar-refractivity contribution is -0.169. The number of rotatable bonds is 3. The summed E-state index contributed by atoms with van der Waals surface area (Å²) in [4.78, 5) is 25.2. The fourth-order valence-electron chi connectivity index (χ4n) is 3.19. The third-order valence-electron chi connectivity index (χ3n) is 4.20. The average Bonchev–Trinajstić information content (AvgIpc) is 2.68. The summed E-state index contributed by atoms with van der Waals surface area (Å²) < 4.78 is -0.558. The van der Waals surface area contributed by atoms with Crippen LogP contribution < -0.4 is 0 Å². The number of aliphatic hydroxyl groups excluding tert-OH is 1. The zero-order chi connectivity index (χ0) is 15.4. The molecule has 1 amide bonds. The number of carboxylic acids is 1. The Bertz CT molecular complexity index is 589. The van der Waals surface area contributed by atoms with Crippen LogP contribution in [0.5, 0.6) is 0 Å². The quantitative estimate of drug-likeness (QED) is 0.827. The molecule has 0 aliphatic carbocycles. The summed E-state index contributed by atoms with van der Waals surface area (Å²) >= 11 is 1.45. The number of amides is 1. The molecule has 2 fully saturated rings. The van der Waals surface area contributed by atoms with Gasteiger partial charge in [0, 0.05) is 4.75 Å². The number of carbonyl (C=O) groups excluding carboxylic acids is 1. The Kier molecular flexibility index (Phi) is 3.26. The molecule has 2 saturated heterocycles. The molecule has 1 unspecified atom stereocenters. The molecule has 2 aliphatic heterocycles. The maximum absolute atomic E-state index is 12.3. The molecule has 1 aromatic rings. The summed E-state index contributed by atoms with van der Waals surface area (Å²) in [6, 6.07) is 8.19. The number of nitrogens with zero attached hydrogens (tertiary/aromatic N) is 1. The monoisotopic (exact) mass is 307 g/mol. The number of β-lactam (4-membered cyclic amide) rings is 1. The standard InChI is InChI=1S/C15H17NO4S/c1-15(2)11(14(19)20)16-12(18)9(13(16)21-15)10(17)8-6-4-3-5-7-8/h3-7,9-11,13,17H,1-2H3,(H,19,20)/t9-,10?,11-,13+/m0/s1. The molecule has 2 N–H and O–H groups in total. The minimum Gasteiger partial charge on any atom is -0.480 e. The van der Waals surface area contributed by atoms with Gasteiger partial charge >= 0.3 is 5.97 Å². The average molecular weight is 307 g/mol. The fraction of sp³-hybridized carbons (Fsp3) is 0.467. The van der Waals surface area contributed by atoms with Gasteiger partial charge in [0.2, 0.25) is 5.91 Å². The molecule has 21 heavy (non-hydrogen) atoms. The number of fused-ring (bicyclic) bond motifs is 1. The third kappa shape index (κ3) is 2.05. The Morgan fingerprint density at radius 3 is 2.52 bits per heavy atom. The number of aliphatic hydroxyl groups is 1. The largest absolute Gasteiger partial charge is 0.480 e. The molecule has 0 saturated carbocycles. The van der Waals surface area contributed by atoms with Gasteiger partial charge in [-0.05, 0) is 19.4 Å². The summed E-state index contributed by atoms with van der Waals surface area (Å²) in [5.41, 5.74) is 0.688. The number of thioether (sulfide) groups is 1. The second-order valence-corrected chi connectivity index (χ2v) is 7.75. The molecular weight excluding hydrogens is 290 g/mol. The van der Waals surface area contributed by atoms with Crippen molar-refractivity contribution in [2.75, 3.05) is 0 Å². The van der Waals surface area contributed by atoms with Crippen molar-refractivity contribution in [1.82, 2.24) is 4.90 Å². The zero-order valence-electron chi connectivity index (χ0n) is 11.8. The fourth-order valence-corrected chi connectivity index (χ4v) is 4.91. The SMILES string of the molecule is CC1(C)S[C@@H]2[C@@H](C(O)c3ccccc3)C(=O)N2[C@H]1C(=O)O. The van der Waals surface area contributed by atoms with E-state index in [1.54, 1.807) is 12.1 Å². The number of carboxylic acid groups (broad SMARTS) is 1. The van der Waals surface area contributed by atoms with Crippen molar-refractivity contribution in [2.24, 2.45) is 5.92 Å². The van der Waals surface area contributed by atoms with Crippen LogP contribution in [-0.2, 0) is 9.59 Å². The predicted octanol–water partition coefficient (Wildman–Crippen LogP) is 1.48. The van der Waals surface area contributed by atoms with Crippen molar-refractivity contribution in [3.63, 3.8) is 0 Å². The third-order valence-corrected chi connectivity index (χ3v) is 5.79. The van der Waals surface area contributed by atoms with E-state index < -0.39 is 28.8 Å². The lowest BCUT2D eigenvalue weighted by Gasteiger charge is -2.45. The number of hydrogen-bond donors (Lipinski definition) is 2. The minimum atomic E-state index is -0.990. The Labute approximate surface area is 126 Å². The maximum atomic E-state index is 12.3. The number of hydrogen-bond acceptors (Lipinski definition) is 4. The second kappa shape index (κ2) is 4.74.